The number of fused-ring (bicyclic) bond motifs is 1. The highest BCUT2D eigenvalue weighted by atomic mass is 127. The van der Waals surface area contributed by atoms with E-state index in [4.69, 9.17) is 5.11 Å². The van der Waals surface area contributed by atoms with Crippen molar-refractivity contribution >= 4 is 33.5 Å². The minimum absolute atomic E-state index is 0.112. The van der Waals surface area contributed by atoms with E-state index in [0.717, 1.165) is 16.5 Å². The largest absolute Gasteiger partial charge is 0.396 e. The summed E-state index contributed by atoms with van der Waals surface area (Å²) >= 11 is 1.98. The van der Waals surface area contributed by atoms with Crippen LogP contribution in [0, 0.1) is 9.39 Å². The molecule has 2 rings (SSSR count). The molecule has 2 nitrogen and oxygen atoms in total. The quantitative estimate of drug-likeness (QED) is 0.822. The van der Waals surface area contributed by atoms with Gasteiger partial charge in [0.15, 0.2) is 0 Å². The number of H-pyrrole nitrogens is 1. The molecule has 0 saturated heterocycles. The molecule has 74 valence electrons. The first kappa shape index (κ1) is 9.92. The highest BCUT2D eigenvalue weighted by molar-refractivity contribution is 14.1. The second-order valence-electron chi connectivity index (χ2n) is 3.07. The van der Waals surface area contributed by atoms with Crippen LogP contribution in [0.5, 0.6) is 0 Å². The minimum Gasteiger partial charge on any atom is -0.396 e. The maximum atomic E-state index is 13.2. The van der Waals surface area contributed by atoms with E-state index in [2.05, 4.69) is 4.98 Å². The third kappa shape index (κ3) is 1.52. The standard InChI is InChI=1S/C10H9FINO/c11-8-2-1-7-6(3-4-14)5-13-10(7)9(8)12/h1-2,5,13-14H,3-4H2. The zero-order valence-electron chi connectivity index (χ0n) is 7.35. The van der Waals surface area contributed by atoms with E-state index in [0.29, 0.717) is 9.99 Å². The molecule has 0 amide bonds. The number of aromatic amines is 1. The Labute approximate surface area is 94.3 Å². The van der Waals surface area contributed by atoms with Gasteiger partial charge >= 0.3 is 0 Å². The van der Waals surface area contributed by atoms with Crippen molar-refractivity contribution in [1.82, 2.24) is 4.98 Å². The maximum Gasteiger partial charge on any atom is 0.138 e. The first-order chi connectivity index (χ1) is 6.74. The molecule has 0 aliphatic heterocycles. The number of halogens is 2. The fraction of sp³-hybridized carbons (Fsp3) is 0.200. The van der Waals surface area contributed by atoms with Crippen LogP contribution in [0.15, 0.2) is 18.3 Å². The van der Waals surface area contributed by atoms with Crippen molar-refractivity contribution in [3.8, 4) is 0 Å². The first-order valence-electron chi connectivity index (χ1n) is 4.29. The van der Waals surface area contributed by atoms with Crippen molar-refractivity contribution in [2.24, 2.45) is 0 Å². The van der Waals surface area contributed by atoms with Crippen molar-refractivity contribution in [3.05, 3.63) is 33.3 Å². The van der Waals surface area contributed by atoms with Crippen LogP contribution in [0.3, 0.4) is 0 Å². The highest BCUT2D eigenvalue weighted by Crippen LogP contribution is 2.25. The van der Waals surface area contributed by atoms with E-state index in [1.165, 1.54) is 6.07 Å². The molecule has 14 heavy (non-hydrogen) atoms. The van der Waals surface area contributed by atoms with Gasteiger partial charge in [0.05, 0.1) is 9.09 Å². The molecule has 0 bridgehead atoms. The maximum absolute atomic E-state index is 13.2. The number of aliphatic hydroxyl groups is 1. The van der Waals surface area contributed by atoms with Crippen LogP contribution >= 0.6 is 22.6 Å². The van der Waals surface area contributed by atoms with E-state index in [1.54, 1.807) is 6.07 Å². The molecule has 0 saturated carbocycles. The van der Waals surface area contributed by atoms with Crippen LogP contribution in [0.4, 0.5) is 4.39 Å². The van der Waals surface area contributed by atoms with Crippen molar-refractivity contribution in [3.63, 3.8) is 0 Å². The van der Waals surface area contributed by atoms with Gasteiger partial charge in [0.25, 0.3) is 0 Å². The predicted octanol–water partition coefficient (Wildman–Crippen LogP) is 2.45. The molecule has 0 atom stereocenters. The number of aromatic nitrogens is 1. The topological polar surface area (TPSA) is 36.0 Å². The monoisotopic (exact) mass is 305 g/mol. The Bertz CT molecular complexity index is 466. The molecule has 2 aromatic rings. The zero-order valence-corrected chi connectivity index (χ0v) is 9.51. The summed E-state index contributed by atoms with van der Waals surface area (Å²) in [7, 11) is 0. The Morgan fingerprint density at radius 1 is 1.43 bits per heavy atom. The van der Waals surface area contributed by atoms with Crippen LogP contribution in [-0.2, 0) is 6.42 Å². The summed E-state index contributed by atoms with van der Waals surface area (Å²) in [6, 6.07) is 3.20. The molecule has 0 radical (unpaired) electrons. The van der Waals surface area contributed by atoms with Gasteiger partial charge in [0, 0.05) is 18.2 Å². The predicted molar refractivity (Wildman–Crippen MR) is 61.8 cm³/mol. The van der Waals surface area contributed by atoms with Crippen LogP contribution in [-0.4, -0.2) is 16.7 Å². The van der Waals surface area contributed by atoms with E-state index >= 15 is 0 Å². The highest BCUT2D eigenvalue weighted by Gasteiger charge is 2.09. The van der Waals surface area contributed by atoms with Crippen LogP contribution < -0.4 is 0 Å². The van der Waals surface area contributed by atoms with Crippen molar-refractivity contribution in [2.45, 2.75) is 6.42 Å². The van der Waals surface area contributed by atoms with Gasteiger partial charge in [-0.1, -0.05) is 0 Å². The van der Waals surface area contributed by atoms with E-state index < -0.39 is 0 Å². The number of rotatable bonds is 2. The molecule has 4 heteroatoms. The molecule has 2 N–H and O–H groups in total. The summed E-state index contributed by atoms with van der Waals surface area (Å²) < 4.78 is 13.8. The second-order valence-corrected chi connectivity index (χ2v) is 4.15. The van der Waals surface area contributed by atoms with Crippen LogP contribution in [0.2, 0.25) is 0 Å². The summed E-state index contributed by atoms with van der Waals surface area (Å²) in [6.45, 7) is 0.112. The SMILES string of the molecule is OCCc1c[nH]c2c(I)c(F)ccc12. The van der Waals surface area contributed by atoms with Crippen molar-refractivity contribution in [1.29, 1.82) is 0 Å². The molecular formula is C10H9FINO. The molecule has 1 heterocycles. The molecule has 0 unspecified atom stereocenters. The fourth-order valence-electron chi connectivity index (χ4n) is 1.52. The lowest BCUT2D eigenvalue weighted by molar-refractivity contribution is 0.300. The second kappa shape index (κ2) is 3.86. The summed E-state index contributed by atoms with van der Waals surface area (Å²) in [5, 5.41) is 9.82. The molecular weight excluding hydrogens is 296 g/mol. The van der Waals surface area contributed by atoms with E-state index in [-0.39, 0.29) is 12.4 Å². The first-order valence-corrected chi connectivity index (χ1v) is 5.36. The summed E-state index contributed by atoms with van der Waals surface area (Å²) in [5.74, 6) is -0.213. The van der Waals surface area contributed by atoms with E-state index in [1.807, 2.05) is 28.8 Å². The smallest absolute Gasteiger partial charge is 0.138 e. The molecule has 0 aliphatic carbocycles. The van der Waals surface area contributed by atoms with Gasteiger partial charge < -0.3 is 10.1 Å². The van der Waals surface area contributed by atoms with Gasteiger partial charge in [-0.3, -0.25) is 0 Å². The molecule has 0 spiro atoms. The van der Waals surface area contributed by atoms with Gasteiger partial charge in [-0.15, -0.1) is 0 Å². The minimum atomic E-state index is -0.213. The zero-order chi connectivity index (χ0) is 10.1. The number of nitrogens with one attached hydrogen (secondary N) is 1. The number of hydrogen-bond acceptors (Lipinski definition) is 1. The fourth-order valence-corrected chi connectivity index (χ4v) is 2.15. The molecule has 1 aromatic heterocycles. The molecule has 0 fully saturated rings. The number of benzene rings is 1. The lowest BCUT2D eigenvalue weighted by Crippen LogP contribution is -1.89. The Morgan fingerprint density at radius 3 is 2.93 bits per heavy atom. The van der Waals surface area contributed by atoms with Gasteiger partial charge in [-0.25, -0.2) is 4.39 Å². The third-order valence-corrected chi connectivity index (χ3v) is 3.27. The Kier molecular flexibility index (Phi) is 2.73. The van der Waals surface area contributed by atoms with Gasteiger partial charge in [0.2, 0.25) is 0 Å². The van der Waals surface area contributed by atoms with Gasteiger partial charge in [-0.05, 0) is 46.7 Å². The molecule has 0 aliphatic rings. The number of aliphatic hydroxyl groups excluding tert-OH is 1. The van der Waals surface area contributed by atoms with Gasteiger partial charge in [-0.2, -0.15) is 0 Å². The molecule has 1 aromatic carbocycles. The Hall–Kier alpha value is -0.620. The average Bonchev–Trinajstić information content (AvgIpc) is 2.57. The normalized spacial score (nSPS) is 11.1. The summed E-state index contributed by atoms with van der Waals surface area (Å²) in [4.78, 5) is 3.02. The summed E-state index contributed by atoms with van der Waals surface area (Å²) in [6.07, 6.45) is 2.42. The van der Waals surface area contributed by atoms with Crippen molar-refractivity contribution < 1.29 is 9.50 Å². The Morgan fingerprint density at radius 2 is 2.21 bits per heavy atom. The summed E-state index contributed by atoms with van der Waals surface area (Å²) in [5.41, 5.74) is 1.84. The lowest BCUT2D eigenvalue weighted by Gasteiger charge is -1.98. The van der Waals surface area contributed by atoms with Crippen molar-refractivity contribution in [2.75, 3.05) is 6.61 Å². The van der Waals surface area contributed by atoms with E-state index in [9.17, 15) is 4.39 Å². The third-order valence-electron chi connectivity index (χ3n) is 2.21. The number of hydrogen-bond donors (Lipinski definition) is 2. The van der Waals surface area contributed by atoms with Crippen LogP contribution in [0.25, 0.3) is 10.9 Å². The Balaban J connectivity index is 2.64. The van der Waals surface area contributed by atoms with Crippen LogP contribution in [0.1, 0.15) is 5.56 Å². The average molecular weight is 305 g/mol. The van der Waals surface area contributed by atoms with Gasteiger partial charge in [0.1, 0.15) is 5.82 Å². The lowest BCUT2D eigenvalue weighted by atomic mass is 10.1.